The van der Waals surface area contributed by atoms with Gasteiger partial charge in [-0.2, -0.15) is 0 Å². The second-order valence-electron chi connectivity index (χ2n) is 8.47. The highest BCUT2D eigenvalue weighted by atomic mass is 32.2. The van der Waals surface area contributed by atoms with E-state index in [1.54, 1.807) is 6.07 Å². The van der Waals surface area contributed by atoms with Crippen molar-refractivity contribution in [3.8, 4) is 0 Å². The van der Waals surface area contributed by atoms with Crippen LogP contribution in [0.15, 0.2) is 47.5 Å². The number of rotatable bonds is 11. The Bertz CT molecular complexity index is 893. The van der Waals surface area contributed by atoms with E-state index in [4.69, 9.17) is 0 Å². The number of benzene rings is 1. The summed E-state index contributed by atoms with van der Waals surface area (Å²) >= 11 is 1.41. The monoisotopic (exact) mass is 468 g/mol. The van der Waals surface area contributed by atoms with Gasteiger partial charge in [-0.05, 0) is 56.4 Å². The number of nitrogens with one attached hydrogen (secondary N) is 2. The lowest BCUT2D eigenvalue weighted by Gasteiger charge is -2.21. The molecule has 0 bridgehead atoms. The maximum Gasteiger partial charge on any atom is 0.252 e. The molecule has 6 nitrogen and oxygen atoms in total. The van der Waals surface area contributed by atoms with Gasteiger partial charge < -0.3 is 15.5 Å². The van der Waals surface area contributed by atoms with Crippen molar-refractivity contribution in [3.63, 3.8) is 0 Å². The highest BCUT2D eigenvalue weighted by molar-refractivity contribution is 8.00. The van der Waals surface area contributed by atoms with Gasteiger partial charge in [0, 0.05) is 37.3 Å². The number of carbonyl (C=O) groups is 2. The van der Waals surface area contributed by atoms with Crippen LogP contribution in [0.3, 0.4) is 0 Å². The first-order chi connectivity index (χ1) is 16.1. The lowest BCUT2D eigenvalue weighted by atomic mass is 9.89. The molecule has 1 aromatic heterocycles. The number of aromatic nitrogens is 1. The van der Waals surface area contributed by atoms with Crippen LogP contribution in [0.25, 0.3) is 0 Å². The Labute approximate surface area is 201 Å². The first kappa shape index (κ1) is 25.1. The number of amides is 2. The minimum atomic E-state index is -0.145. The van der Waals surface area contributed by atoms with Crippen LogP contribution in [0, 0.1) is 5.92 Å². The second kappa shape index (κ2) is 13.2. The zero-order chi connectivity index (χ0) is 23.5. The standard InChI is InChI=1S/C26H36N4O2S/c1-3-30(4-2)24-15-14-21(17-27-24)18-29-26(32)22-12-8-9-13-23(22)33-19-25(31)28-16-20-10-6-5-7-11-20/h8-9,12-15,17,20H,3-7,10-11,16,18-19H2,1-2H3,(H,28,31)(H,29,32). The van der Waals surface area contributed by atoms with Crippen molar-refractivity contribution in [3.05, 3.63) is 53.7 Å². The van der Waals surface area contributed by atoms with E-state index in [1.807, 2.05) is 36.5 Å². The molecule has 0 unspecified atom stereocenters. The molecule has 33 heavy (non-hydrogen) atoms. The predicted molar refractivity (Wildman–Crippen MR) is 136 cm³/mol. The van der Waals surface area contributed by atoms with E-state index in [2.05, 4.69) is 34.4 Å². The highest BCUT2D eigenvalue weighted by Crippen LogP contribution is 2.24. The quantitative estimate of drug-likeness (QED) is 0.470. The molecule has 7 heteroatoms. The van der Waals surface area contributed by atoms with Crippen LogP contribution in [-0.2, 0) is 11.3 Å². The van der Waals surface area contributed by atoms with E-state index < -0.39 is 0 Å². The molecule has 0 aliphatic heterocycles. The third-order valence-electron chi connectivity index (χ3n) is 6.15. The Morgan fingerprint density at radius 1 is 1.03 bits per heavy atom. The Hall–Kier alpha value is -2.54. The number of anilines is 1. The molecule has 0 atom stereocenters. The van der Waals surface area contributed by atoms with Gasteiger partial charge in [0.25, 0.3) is 5.91 Å². The van der Waals surface area contributed by atoms with Crippen molar-refractivity contribution < 1.29 is 9.59 Å². The summed E-state index contributed by atoms with van der Waals surface area (Å²) in [5, 5.41) is 6.05. The van der Waals surface area contributed by atoms with Gasteiger partial charge in [0.2, 0.25) is 5.91 Å². The molecule has 1 heterocycles. The molecule has 1 saturated carbocycles. The van der Waals surface area contributed by atoms with Crippen LogP contribution < -0.4 is 15.5 Å². The molecule has 3 rings (SSSR count). The Balaban J connectivity index is 1.49. The van der Waals surface area contributed by atoms with Crippen LogP contribution in [0.1, 0.15) is 61.9 Å². The Morgan fingerprint density at radius 2 is 1.79 bits per heavy atom. The Kier molecular flexibility index (Phi) is 10.1. The van der Waals surface area contributed by atoms with Crippen LogP contribution in [-0.4, -0.2) is 42.2 Å². The molecular formula is C26H36N4O2S. The summed E-state index contributed by atoms with van der Waals surface area (Å²) in [6.07, 6.45) is 8.10. The summed E-state index contributed by atoms with van der Waals surface area (Å²) in [6, 6.07) is 11.4. The van der Waals surface area contributed by atoms with E-state index >= 15 is 0 Å². The minimum Gasteiger partial charge on any atom is -0.357 e. The van der Waals surface area contributed by atoms with Crippen LogP contribution in [0.4, 0.5) is 5.82 Å². The molecule has 1 fully saturated rings. The van der Waals surface area contributed by atoms with E-state index in [1.165, 1.54) is 43.9 Å². The number of nitrogens with zero attached hydrogens (tertiary/aromatic N) is 2. The fourth-order valence-corrected chi connectivity index (χ4v) is 5.04. The highest BCUT2D eigenvalue weighted by Gasteiger charge is 2.16. The third kappa shape index (κ3) is 7.77. The van der Waals surface area contributed by atoms with Gasteiger partial charge >= 0.3 is 0 Å². The number of pyridine rings is 1. The van der Waals surface area contributed by atoms with Crippen LogP contribution >= 0.6 is 11.8 Å². The number of hydrogen-bond acceptors (Lipinski definition) is 5. The molecule has 0 spiro atoms. The average Bonchev–Trinajstić information content (AvgIpc) is 2.87. The maximum absolute atomic E-state index is 12.8. The lowest BCUT2D eigenvalue weighted by Crippen LogP contribution is -2.31. The molecule has 1 aliphatic carbocycles. The molecule has 2 amide bonds. The Morgan fingerprint density at radius 3 is 2.48 bits per heavy atom. The number of carbonyl (C=O) groups excluding carboxylic acids is 2. The minimum absolute atomic E-state index is 0.0279. The van der Waals surface area contributed by atoms with Crippen LogP contribution in [0.5, 0.6) is 0 Å². The SMILES string of the molecule is CCN(CC)c1ccc(CNC(=O)c2ccccc2SCC(=O)NCC2CCCCC2)cn1. The van der Waals surface area contributed by atoms with E-state index in [0.29, 0.717) is 23.8 Å². The topological polar surface area (TPSA) is 74.3 Å². The third-order valence-corrected chi connectivity index (χ3v) is 7.23. The fourth-order valence-electron chi connectivity index (χ4n) is 4.16. The van der Waals surface area contributed by atoms with Gasteiger partial charge in [0.15, 0.2) is 0 Å². The van der Waals surface area contributed by atoms with Crippen LogP contribution in [0.2, 0.25) is 0 Å². The molecule has 2 N–H and O–H groups in total. The summed E-state index contributed by atoms with van der Waals surface area (Å²) in [6.45, 7) is 7.21. The predicted octanol–water partition coefficient (Wildman–Crippen LogP) is 4.65. The van der Waals surface area contributed by atoms with Crippen molar-refractivity contribution in [2.45, 2.75) is 57.4 Å². The van der Waals surface area contributed by atoms with Crippen molar-refractivity contribution in [2.24, 2.45) is 5.92 Å². The smallest absolute Gasteiger partial charge is 0.252 e. The largest absolute Gasteiger partial charge is 0.357 e. The molecule has 178 valence electrons. The van der Waals surface area contributed by atoms with Crippen molar-refractivity contribution >= 4 is 29.4 Å². The van der Waals surface area contributed by atoms with Gasteiger partial charge in [-0.3, -0.25) is 9.59 Å². The zero-order valence-corrected chi connectivity index (χ0v) is 20.6. The number of thioether (sulfide) groups is 1. The van der Waals surface area contributed by atoms with Gasteiger partial charge in [0.1, 0.15) is 5.82 Å². The average molecular weight is 469 g/mol. The molecule has 0 saturated heterocycles. The fraction of sp³-hybridized carbons (Fsp3) is 0.500. The summed E-state index contributed by atoms with van der Waals surface area (Å²) in [5.41, 5.74) is 1.54. The van der Waals surface area contributed by atoms with E-state index in [9.17, 15) is 9.59 Å². The molecule has 2 aromatic rings. The van der Waals surface area contributed by atoms with Gasteiger partial charge in [-0.15, -0.1) is 11.8 Å². The summed E-state index contributed by atoms with van der Waals surface area (Å²) < 4.78 is 0. The normalized spacial score (nSPS) is 14.0. The molecule has 1 aromatic carbocycles. The zero-order valence-electron chi connectivity index (χ0n) is 19.8. The first-order valence-electron chi connectivity index (χ1n) is 12.1. The van der Waals surface area contributed by atoms with Gasteiger partial charge in [-0.1, -0.05) is 37.5 Å². The lowest BCUT2D eigenvalue weighted by molar-refractivity contribution is -0.118. The molecular weight excluding hydrogens is 432 g/mol. The van der Waals surface area contributed by atoms with Gasteiger partial charge in [0.05, 0.1) is 11.3 Å². The summed E-state index contributed by atoms with van der Waals surface area (Å²) in [7, 11) is 0. The second-order valence-corrected chi connectivity index (χ2v) is 9.49. The van der Waals surface area contributed by atoms with Crippen molar-refractivity contribution in [1.29, 1.82) is 0 Å². The van der Waals surface area contributed by atoms with Crippen molar-refractivity contribution in [2.75, 3.05) is 30.3 Å². The van der Waals surface area contributed by atoms with E-state index in [0.717, 1.165) is 35.9 Å². The molecule has 0 radical (unpaired) electrons. The van der Waals surface area contributed by atoms with Gasteiger partial charge in [-0.25, -0.2) is 4.98 Å². The van der Waals surface area contributed by atoms with E-state index in [-0.39, 0.29) is 11.8 Å². The number of hydrogen-bond donors (Lipinski definition) is 2. The van der Waals surface area contributed by atoms with Crippen molar-refractivity contribution in [1.82, 2.24) is 15.6 Å². The first-order valence-corrected chi connectivity index (χ1v) is 13.1. The summed E-state index contributed by atoms with van der Waals surface area (Å²) in [5.74, 6) is 1.75. The summed E-state index contributed by atoms with van der Waals surface area (Å²) in [4.78, 5) is 32.7. The molecule has 1 aliphatic rings. The maximum atomic E-state index is 12.8.